The van der Waals surface area contributed by atoms with Crippen LogP contribution in [-0.4, -0.2) is 21.8 Å². The first-order valence-electron chi connectivity index (χ1n) is 7.11. The van der Waals surface area contributed by atoms with Crippen molar-refractivity contribution in [2.75, 3.05) is 0 Å². The van der Waals surface area contributed by atoms with Crippen molar-refractivity contribution in [1.82, 2.24) is 9.88 Å². The molecule has 0 spiro atoms. The van der Waals surface area contributed by atoms with Crippen molar-refractivity contribution in [2.45, 2.75) is 32.4 Å². The van der Waals surface area contributed by atoms with Crippen molar-refractivity contribution in [1.29, 1.82) is 0 Å². The van der Waals surface area contributed by atoms with Gasteiger partial charge in [-0.15, -0.1) is 0 Å². The Morgan fingerprint density at radius 3 is 2.76 bits per heavy atom. The molecule has 0 unspecified atom stereocenters. The lowest BCUT2D eigenvalue weighted by Crippen LogP contribution is -2.32. The second-order valence-electron chi connectivity index (χ2n) is 5.48. The highest BCUT2D eigenvalue weighted by molar-refractivity contribution is 5.94. The second kappa shape index (κ2) is 5.64. The van der Waals surface area contributed by atoms with Gasteiger partial charge in [-0.05, 0) is 49.6 Å². The predicted molar refractivity (Wildman–Crippen MR) is 78.3 cm³/mol. The highest BCUT2D eigenvalue weighted by atomic mass is 19.1. The summed E-state index contributed by atoms with van der Waals surface area (Å²) in [7, 11) is 0. The quantitative estimate of drug-likeness (QED) is 0.862. The molecular formula is C17H17FN2O. The van der Waals surface area contributed by atoms with E-state index in [1.54, 1.807) is 18.3 Å². The minimum Gasteiger partial charge on any atom is -0.331 e. The number of pyridine rings is 1. The van der Waals surface area contributed by atoms with Crippen LogP contribution in [0.1, 0.15) is 34.5 Å². The molecule has 1 aliphatic carbocycles. The molecule has 3 nitrogen and oxygen atoms in total. The Balaban J connectivity index is 1.81. The molecule has 0 bridgehead atoms. The van der Waals surface area contributed by atoms with Crippen molar-refractivity contribution in [3.8, 4) is 0 Å². The van der Waals surface area contributed by atoms with Crippen LogP contribution >= 0.6 is 0 Å². The van der Waals surface area contributed by atoms with Crippen LogP contribution in [0.3, 0.4) is 0 Å². The molecule has 0 N–H and O–H groups in total. The minimum absolute atomic E-state index is 0.0331. The Morgan fingerprint density at radius 1 is 1.33 bits per heavy atom. The van der Waals surface area contributed by atoms with Gasteiger partial charge in [0.1, 0.15) is 5.82 Å². The Hall–Kier alpha value is -2.23. The average molecular weight is 284 g/mol. The number of benzene rings is 1. The van der Waals surface area contributed by atoms with Crippen LogP contribution < -0.4 is 0 Å². The topological polar surface area (TPSA) is 33.2 Å². The largest absolute Gasteiger partial charge is 0.331 e. The van der Waals surface area contributed by atoms with Gasteiger partial charge in [0.05, 0.1) is 5.56 Å². The number of rotatable bonds is 4. The van der Waals surface area contributed by atoms with E-state index < -0.39 is 0 Å². The van der Waals surface area contributed by atoms with Gasteiger partial charge in [0.25, 0.3) is 5.91 Å². The summed E-state index contributed by atoms with van der Waals surface area (Å²) in [5.74, 6) is -0.304. The van der Waals surface area contributed by atoms with Crippen molar-refractivity contribution in [3.05, 3.63) is 65.2 Å². The normalized spacial score (nSPS) is 14.0. The molecule has 0 atom stereocenters. The van der Waals surface area contributed by atoms with E-state index in [9.17, 15) is 9.18 Å². The number of carbonyl (C=O) groups excluding carboxylic acids is 1. The van der Waals surface area contributed by atoms with Crippen LogP contribution in [-0.2, 0) is 6.54 Å². The first-order chi connectivity index (χ1) is 10.1. The molecule has 21 heavy (non-hydrogen) atoms. The number of aromatic nitrogens is 1. The summed E-state index contributed by atoms with van der Waals surface area (Å²) in [4.78, 5) is 18.6. The van der Waals surface area contributed by atoms with Crippen molar-refractivity contribution < 1.29 is 9.18 Å². The van der Waals surface area contributed by atoms with E-state index in [2.05, 4.69) is 4.98 Å². The van der Waals surface area contributed by atoms with Crippen LogP contribution in [0.4, 0.5) is 4.39 Å². The van der Waals surface area contributed by atoms with Gasteiger partial charge in [0.15, 0.2) is 0 Å². The van der Waals surface area contributed by atoms with Crippen LogP contribution in [0.25, 0.3) is 0 Å². The smallest absolute Gasteiger partial charge is 0.255 e. The fourth-order valence-corrected chi connectivity index (χ4v) is 2.35. The lowest BCUT2D eigenvalue weighted by Gasteiger charge is -2.22. The van der Waals surface area contributed by atoms with Crippen LogP contribution in [0.2, 0.25) is 0 Å². The molecule has 1 saturated carbocycles. The summed E-state index contributed by atoms with van der Waals surface area (Å²) < 4.78 is 13.3. The van der Waals surface area contributed by atoms with Gasteiger partial charge in [-0.1, -0.05) is 12.1 Å². The Labute approximate surface area is 123 Å². The zero-order valence-electron chi connectivity index (χ0n) is 11.9. The molecule has 0 saturated heterocycles. The van der Waals surface area contributed by atoms with E-state index in [0.717, 1.165) is 24.1 Å². The third kappa shape index (κ3) is 3.27. The maximum atomic E-state index is 13.3. The van der Waals surface area contributed by atoms with E-state index >= 15 is 0 Å². The number of halogens is 1. The highest BCUT2D eigenvalue weighted by Gasteiger charge is 2.33. The van der Waals surface area contributed by atoms with E-state index in [-0.39, 0.29) is 17.8 Å². The number of hydrogen-bond acceptors (Lipinski definition) is 2. The molecule has 1 amide bonds. The summed E-state index contributed by atoms with van der Waals surface area (Å²) in [6.07, 6.45) is 3.64. The lowest BCUT2D eigenvalue weighted by molar-refractivity contribution is 0.0729. The van der Waals surface area contributed by atoms with Gasteiger partial charge in [0.2, 0.25) is 0 Å². The van der Waals surface area contributed by atoms with E-state index in [1.165, 1.54) is 12.1 Å². The Morgan fingerprint density at radius 2 is 2.14 bits per heavy atom. The first-order valence-corrected chi connectivity index (χ1v) is 7.11. The van der Waals surface area contributed by atoms with E-state index in [4.69, 9.17) is 0 Å². The molecule has 1 aliphatic rings. The van der Waals surface area contributed by atoms with Gasteiger partial charge in [-0.25, -0.2) is 4.39 Å². The SMILES string of the molecule is Cc1ccc(C(=O)N(Cc2cccc(F)c2)C2CC2)cn1. The first kappa shape index (κ1) is 13.7. The number of carbonyl (C=O) groups is 1. The van der Waals surface area contributed by atoms with E-state index in [1.807, 2.05) is 24.0 Å². The molecule has 108 valence electrons. The molecule has 2 aromatic rings. The number of nitrogens with zero attached hydrogens (tertiary/aromatic N) is 2. The fourth-order valence-electron chi connectivity index (χ4n) is 2.35. The molecule has 1 aromatic heterocycles. The standard InChI is InChI=1S/C17H17FN2O/c1-12-5-6-14(10-19-12)17(21)20(16-7-8-16)11-13-3-2-4-15(18)9-13/h2-6,9-10,16H,7-8,11H2,1H3. The average Bonchev–Trinajstić information content (AvgIpc) is 3.29. The van der Waals surface area contributed by atoms with Gasteiger partial charge >= 0.3 is 0 Å². The number of aryl methyl sites for hydroxylation is 1. The van der Waals surface area contributed by atoms with Gasteiger partial charge in [0, 0.05) is 24.5 Å². The van der Waals surface area contributed by atoms with Gasteiger partial charge in [-0.3, -0.25) is 9.78 Å². The lowest BCUT2D eigenvalue weighted by atomic mass is 10.1. The zero-order valence-corrected chi connectivity index (χ0v) is 11.9. The summed E-state index contributed by atoms with van der Waals surface area (Å²) >= 11 is 0. The van der Waals surface area contributed by atoms with Crippen LogP contribution in [0, 0.1) is 12.7 Å². The predicted octanol–water partition coefficient (Wildman–Crippen LogP) is 3.33. The molecule has 0 radical (unpaired) electrons. The molecule has 4 heteroatoms. The van der Waals surface area contributed by atoms with Crippen molar-refractivity contribution >= 4 is 5.91 Å². The Kier molecular flexibility index (Phi) is 3.69. The summed E-state index contributed by atoms with van der Waals surface area (Å²) in [6.45, 7) is 2.33. The van der Waals surface area contributed by atoms with Gasteiger partial charge < -0.3 is 4.90 Å². The third-order valence-corrected chi connectivity index (χ3v) is 3.65. The maximum Gasteiger partial charge on any atom is 0.255 e. The number of amides is 1. The maximum absolute atomic E-state index is 13.3. The molecule has 1 aromatic carbocycles. The molecule has 1 fully saturated rings. The van der Waals surface area contributed by atoms with Crippen molar-refractivity contribution in [3.63, 3.8) is 0 Å². The monoisotopic (exact) mass is 284 g/mol. The molecule has 0 aliphatic heterocycles. The third-order valence-electron chi connectivity index (χ3n) is 3.65. The molecule has 1 heterocycles. The summed E-state index contributed by atoms with van der Waals surface area (Å²) in [6, 6.07) is 10.3. The van der Waals surface area contributed by atoms with E-state index in [0.29, 0.717) is 12.1 Å². The second-order valence-corrected chi connectivity index (χ2v) is 5.48. The van der Waals surface area contributed by atoms with Gasteiger partial charge in [-0.2, -0.15) is 0 Å². The highest BCUT2D eigenvalue weighted by Crippen LogP contribution is 2.29. The van der Waals surface area contributed by atoms with Crippen molar-refractivity contribution in [2.24, 2.45) is 0 Å². The molecule has 3 rings (SSSR count). The zero-order chi connectivity index (χ0) is 14.8. The number of hydrogen-bond donors (Lipinski definition) is 0. The summed E-state index contributed by atoms with van der Waals surface area (Å²) in [5, 5.41) is 0. The molecular weight excluding hydrogens is 267 g/mol. The fraction of sp³-hybridized carbons (Fsp3) is 0.294. The van der Waals surface area contributed by atoms with Crippen LogP contribution in [0.15, 0.2) is 42.6 Å². The van der Waals surface area contributed by atoms with Crippen LogP contribution in [0.5, 0.6) is 0 Å². The Bertz CT molecular complexity index is 650. The summed E-state index contributed by atoms with van der Waals surface area (Å²) in [5.41, 5.74) is 2.29. The minimum atomic E-state index is -0.271.